The minimum Gasteiger partial charge on any atom is -0.352 e. The van der Waals surface area contributed by atoms with Crippen LogP contribution < -0.4 is 10.6 Å². The van der Waals surface area contributed by atoms with E-state index < -0.39 is 10.0 Å². The number of aromatic nitrogens is 1. The zero-order chi connectivity index (χ0) is 20.1. The van der Waals surface area contributed by atoms with E-state index in [4.69, 9.17) is 0 Å². The highest BCUT2D eigenvalue weighted by Crippen LogP contribution is 2.21. The van der Waals surface area contributed by atoms with Crippen LogP contribution in [-0.4, -0.2) is 49.5 Å². The minimum atomic E-state index is -3.16. The molecule has 1 saturated heterocycles. The third-order valence-corrected chi connectivity index (χ3v) is 6.04. The van der Waals surface area contributed by atoms with Crippen molar-refractivity contribution in [2.45, 2.75) is 12.8 Å². The smallest absolute Gasteiger partial charge is 0.255 e. The summed E-state index contributed by atoms with van der Waals surface area (Å²) < 4.78 is 38.0. The number of rotatable bonds is 6. The molecular weight excluding hydrogens is 383 g/mol. The summed E-state index contributed by atoms with van der Waals surface area (Å²) in [4.78, 5) is 16.8. The van der Waals surface area contributed by atoms with E-state index >= 15 is 0 Å². The van der Waals surface area contributed by atoms with Gasteiger partial charge >= 0.3 is 0 Å². The number of halogens is 1. The van der Waals surface area contributed by atoms with Gasteiger partial charge in [-0.15, -0.1) is 0 Å². The maximum absolute atomic E-state index is 13.4. The normalized spacial score (nSPS) is 15.9. The number of carbonyl (C=O) groups is 1. The second kappa shape index (κ2) is 8.66. The Morgan fingerprint density at radius 3 is 2.68 bits per heavy atom. The number of carbonyl (C=O) groups excluding carboxylic acids is 1. The van der Waals surface area contributed by atoms with E-state index in [0.717, 1.165) is 0 Å². The molecule has 0 aliphatic carbocycles. The van der Waals surface area contributed by atoms with Gasteiger partial charge < -0.3 is 10.6 Å². The molecule has 2 heterocycles. The molecule has 150 valence electrons. The van der Waals surface area contributed by atoms with Crippen molar-refractivity contribution in [2.75, 3.05) is 31.2 Å². The lowest BCUT2D eigenvalue weighted by Gasteiger charge is -2.30. The SMILES string of the molecule is CS(=O)(=O)N1CCC(CNC(=O)c2cccnc2Nc2cccc(F)c2)CC1. The highest BCUT2D eigenvalue weighted by atomic mass is 32.2. The van der Waals surface area contributed by atoms with Crippen molar-refractivity contribution in [3.05, 3.63) is 54.0 Å². The predicted molar refractivity (Wildman–Crippen MR) is 105 cm³/mol. The molecule has 28 heavy (non-hydrogen) atoms. The average Bonchev–Trinajstić information content (AvgIpc) is 2.66. The van der Waals surface area contributed by atoms with E-state index in [-0.39, 0.29) is 17.6 Å². The Morgan fingerprint density at radius 2 is 2.00 bits per heavy atom. The molecular formula is C19H23FN4O3S. The number of hydrogen-bond acceptors (Lipinski definition) is 5. The van der Waals surface area contributed by atoms with Crippen LogP contribution in [0.1, 0.15) is 23.2 Å². The summed E-state index contributed by atoms with van der Waals surface area (Å²) in [6, 6.07) is 9.24. The van der Waals surface area contributed by atoms with Crippen molar-refractivity contribution < 1.29 is 17.6 Å². The Balaban J connectivity index is 1.59. The minimum absolute atomic E-state index is 0.221. The molecule has 0 bridgehead atoms. The molecule has 3 rings (SSSR count). The summed E-state index contributed by atoms with van der Waals surface area (Å²) in [6.45, 7) is 1.40. The zero-order valence-electron chi connectivity index (χ0n) is 15.6. The van der Waals surface area contributed by atoms with Crippen molar-refractivity contribution in [1.29, 1.82) is 0 Å². The fourth-order valence-electron chi connectivity index (χ4n) is 3.17. The van der Waals surface area contributed by atoms with E-state index in [1.807, 2.05) is 0 Å². The van der Waals surface area contributed by atoms with Crippen molar-refractivity contribution >= 4 is 27.4 Å². The standard InChI is InChI=1S/C19H23FN4O3S/c1-28(26,27)24-10-7-14(8-11-24)13-22-19(25)17-6-3-9-21-18(17)23-16-5-2-4-15(20)12-16/h2-6,9,12,14H,7-8,10-11,13H2,1H3,(H,21,23)(H,22,25). The van der Waals surface area contributed by atoms with Crippen LogP contribution in [0.3, 0.4) is 0 Å². The first kappa shape index (κ1) is 20.2. The van der Waals surface area contributed by atoms with Gasteiger partial charge in [0.25, 0.3) is 5.91 Å². The number of benzene rings is 1. The number of nitrogens with zero attached hydrogens (tertiary/aromatic N) is 2. The topological polar surface area (TPSA) is 91.4 Å². The first-order chi connectivity index (χ1) is 13.3. The summed E-state index contributed by atoms with van der Waals surface area (Å²) in [5.41, 5.74) is 0.862. The van der Waals surface area contributed by atoms with E-state index in [1.54, 1.807) is 30.5 Å². The fourth-order valence-corrected chi connectivity index (χ4v) is 4.04. The largest absolute Gasteiger partial charge is 0.352 e. The molecule has 0 atom stereocenters. The molecule has 1 aliphatic heterocycles. The van der Waals surface area contributed by atoms with Crippen molar-refractivity contribution in [2.24, 2.45) is 5.92 Å². The summed E-state index contributed by atoms with van der Waals surface area (Å²) in [5.74, 6) is -0.0966. The fraction of sp³-hybridized carbons (Fsp3) is 0.368. The number of anilines is 2. The van der Waals surface area contributed by atoms with Crippen LogP contribution >= 0.6 is 0 Å². The van der Waals surface area contributed by atoms with Crippen LogP contribution in [0.15, 0.2) is 42.6 Å². The Bertz CT molecular complexity index is 944. The van der Waals surface area contributed by atoms with E-state index in [9.17, 15) is 17.6 Å². The Morgan fingerprint density at radius 1 is 1.25 bits per heavy atom. The first-order valence-electron chi connectivity index (χ1n) is 9.04. The third-order valence-electron chi connectivity index (χ3n) is 4.73. The van der Waals surface area contributed by atoms with Gasteiger partial charge in [-0.05, 0) is 49.1 Å². The van der Waals surface area contributed by atoms with Crippen molar-refractivity contribution in [3.63, 3.8) is 0 Å². The van der Waals surface area contributed by atoms with Crippen LogP contribution in [-0.2, 0) is 10.0 Å². The van der Waals surface area contributed by atoms with Crippen LogP contribution in [0.4, 0.5) is 15.9 Å². The number of piperidine rings is 1. The van der Waals surface area contributed by atoms with Gasteiger partial charge in [-0.25, -0.2) is 22.1 Å². The zero-order valence-corrected chi connectivity index (χ0v) is 16.4. The molecule has 7 nitrogen and oxygen atoms in total. The summed E-state index contributed by atoms with van der Waals surface area (Å²) in [5, 5.41) is 5.87. The van der Waals surface area contributed by atoms with Crippen LogP contribution in [0.2, 0.25) is 0 Å². The lowest BCUT2D eigenvalue weighted by atomic mass is 9.98. The van der Waals surface area contributed by atoms with Gasteiger partial charge in [0, 0.05) is 31.5 Å². The van der Waals surface area contributed by atoms with E-state index in [0.29, 0.717) is 49.5 Å². The van der Waals surface area contributed by atoms with Gasteiger partial charge in [-0.2, -0.15) is 0 Å². The first-order valence-corrected chi connectivity index (χ1v) is 10.9. The molecule has 0 saturated carbocycles. The third kappa shape index (κ3) is 5.26. The molecule has 0 radical (unpaired) electrons. The molecule has 2 aromatic rings. The van der Waals surface area contributed by atoms with Gasteiger partial charge in [0.1, 0.15) is 11.6 Å². The molecule has 1 fully saturated rings. The maximum Gasteiger partial charge on any atom is 0.255 e. The van der Waals surface area contributed by atoms with Gasteiger partial charge in [0.05, 0.1) is 11.8 Å². The van der Waals surface area contributed by atoms with Gasteiger partial charge in [0.2, 0.25) is 10.0 Å². The number of hydrogen-bond donors (Lipinski definition) is 2. The summed E-state index contributed by atoms with van der Waals surface area (Å²) >= 11 is 0. The van der Waals surface area contributed by atoms with Crippen LogP contribution in [0.25, 0.3) is 0 Å². The number of nitrogens with one attached hydrogen (secondary N) is 2. The monoisotopic (exact) mass is 406 g/mol. The molecule has 0 unspecified atom stereocenters. The predicted octanol–water partition coefficient (Wildman–Crippen LogP) is 2.37. The summed E-state index contributed by atoms with van der Waals surface area (Å²) in [6.07, 6.45) is 4.17. The Labute approximate surface area is 164 Å². The van der Waals surface area contributed by atoms with Gasteiger partial charge in [-0.3, -0.25) is 4.79 Å². The Kier molecular flexibility index (Phi) is 6.25. The molecule has 2 N–H and O–H groups in total. The highest BCUT2D eigenvalue weighted by molar-refractivity contribution is 7.88. The van der Waals surface area contributed by atoms with E-state index in [1.165, 1.54) is 22.7 Å². The van der Waals surface area contributed by atoms with Crippen LogP contribution in [0, 0.1) is 11.7 Å². The molecule has 1 aromatic carbocycles. The molecule has 9 heteroatoms. The molecule has 0 spiro atoms. The lowest BCUT2D eigenvalue weighted by Crippen LogP contribution is -2.41. The number of sulfonamides is 1. The van der Waals surface area contributed by atoms with Crippen LogP contribution in [0.5, 0.6) is 0 Å². The summed E-state index contributed by atoms with van der Waals surface area (Å²) in [7, 11) is -3.16. The molecule has 1 aliphatic rings. The average molecular weight is 406 g/mol. The van der Waals surface area contributed by atoms with E-state index in [2.05, 4.69) is 15.6 Å². The molecule has 1 aromatic heterocycles. The second-order valence-electron chi connectivity index (χ2n) is 6.85. The number of amides is 1. The van der Waals surface area contributed by atoms with Gasteiger partial charge in [-0.1, -0.05) is 6.07 Å². The second-order valence-corrected chi connectivity index (χ2v) is 8.83. The molecule has 1 amide bonds. The van der Waals surface area contributed by atoms with Crippen molar-refractivity contribution in [3.8, 4) is 0 Å². The van der Waals surface area contributed by atoms with Gasteiger partial charge in [0.15, 0.2) is 0 Å². The maximum atomic E-state index is 13.4. The highest BCUT2D eigenvalue weighted by Gasteiger charge is 2.25. The number of pyridine rings is 1. The Hall–Kier alpha value is -2.52. The van der Waals surface area contributed by atoms with Crippen molar-refractivity contribution in [1.82, 2.24) is 14.6 Å². The lowest BCUT2D eigenvalue weighted by molar-refractivity contribution is 0.0942. The quantitative estimate of drug-likeness (QED) is 0.769.